The van der Waals surface area contributed by atoms with E-state index >= 15 is 0 Å². The lowest BCUT2D eigenvalue weighted by Crippen LogP contribution is -2.34. The summed E-state index contributed by atoms with van der Waals surface area (Å²) in [7, 11) is 0. The van der Waals surface area contributed by atoms with Crippen LogP contribution >= 0.6 is 11.6 Å². The van der Waals surface area contributed by atoms with Crippen molar-refractivity contribution in [2.45, 2.75) is 18.3 Å². The number of piperidine rings is 1. The van der Waals surface area contributed by atoms with Crippen LogP contribution in [0.4, 0.5) is 8.78 Å². The molecule has 1 fully saturated rings. The minimum atomic E-state index is -0.262. The van der Waals surface area contributed by atoms with E-state index in [0.29, 0.717) is 10.6 Å². The first-order valence-corrected chi connectivity index (χ1v) is 7.44. The molecule has 0 bridgehead atoms. The van der Waals surface area contributed by atoms with Crippen molar-refractivity contribution < 1.29 is 8.78 Å². The predicted molar refractivity (Wildman–Crippen MR) is 80.8 cm³/mol. The van der Waals surface area contributed by atoms with Gasteiger partial charge in [-0.3, -0.25) is 0 Å². The highest BCUT2D eigenvalue weighted by atomic mass is 35.5. The van der Waals surface area contributed by atoms with E-state index in [4.69, 9.17) is 11.6 Å². The predicted octanol–water partition coefficient (Wildman–Crippen LogP) is 4.48. The molecule has 0 radical (unpaired) electrons. The summed E-state index contributed by atoms with van der Waals surface area (Å²) >= 11 is 5.83. The van der Waals surface area contributed by atoms with Gasteiger partial charge >= 0.3 is 0 Å². The van der Waals surface area contributed by atoms with E-state index in [1.165, 1.54) is 18.2 Å². The number of nitrogens with one attached hydrogen (secondary N) is 1. The summed E-state index contributed by atoms with van der Waals surface area (Å²) in [6.45, 7) is 1.61. The summed E-state index contributed by atoms with van der Waals surface area (Å²) < 4.78 is 27.3. The largest absolute Gasteiger partial charge is 0.316 e. The maximum absolute atomic E-state index is 14.2. The molecule has 3 rings (SSSR count). The monoisotopic (exact) mass is 307 g/mol. The minimum Gasteiger partial charge on any atom is -0.316 e. The highest BCUT2D eigenvalue weighted by Gasteiger charge is 2.29. The standard InChI is InChI=1S/C17H16ClF2N/c18-12-3-6-15(17(20)9-12)14-7-8-21-10-16(14)11-1-4-13(19)5-2-11/h1-6,9,14,16,21H,7-8,10H2. The van der Waals surface area contributed by atoms with Crippen molar-refractivity contribution in [3.05, 3.63) is 70.2 Å². The molecule has 21 heavy (non-hydrogen) atoms. The maximum atomic E-state index is 14.2. The van der Waals surface area contributed by atoms with Gasteiger partial charge in [-0.1, -0.05) is 29.8 Å². The van der Waals surface area contributed by atoms with Crippen molar-refractivity contribution in [1.29, 1.82) is 0 Å². The Morgan fingerprint density at radius 3 is 2.48 bits per heavy atom. The number of hydrogen-bond acceptors (Lipinski definition) is 1. The Labute approximate surface area is 127 Å². The molecule has 1 heterocycles. The fourth-order valence-electron chi connectivity index (χ4n) is 3.09. The molecule has 0 spiro atoms. The van der Waals surface area contributed by atoms with Gasteiger partial charge in [0, 0.05) is 17.5 Å². The Morgan fingerprint density at radius 2 is 1.76 bits per heavy atom. The zero-order chi connectivity index (χ0) is 14.8. The van der Waals surface area contributed by atoms with Crippen molar-refractivity contribution in [2.24, 2.45) is 0 Å². The molecule has 0 saturated carbocycles. The average molecular weight is 308 g/mol. The van der Waals surface area contributed by atoms with Crippen molar-refractivity contribution in [3.63, 3.8) is 0 Å². The number of rotatable bonds is 2. The fraction of sp³-hybridized carbons (Fsp3) is 0.294. The third kappa shape index (κ3) is 3.09. The number of halogens is 3. The molecule has 1 aliphatic heterocycles. The fourth-order valence-corrected chi connectivity index (χ4v) is 3.25. The molecule has 0 amide bonds. The van der Waals surface area contributed by atoms with Crippen LogP contribution in [-0.2, 0) is 0 Å². The van der Waals surface area contributed by atoms with Crippen molar-refractivity contribution in [3.8, 4) is 0 Å². The van der Waals surface area contributed by atoms with Crippen LogP contribution in [0.3, 0.4) is 0 Å². The first-order chi connectivity index (χ1) is 10.1. The number of benzene rings is 2. The normalized spacial score (nSPS) is 22.2. The van der Waals surface area contributed by atoms with Crippen LogP contribution in [0.1, 0.15) is 29.4 Å². The first-order valence-electron chi connectivity index (χ1n) is 7.06. The van der Waals surface area contributed by atoms with Gasteiger partial charge in [0.2, 0.25) is 0 Å². The van der Waals surface area contributed by atoms with Gasteiger partial charge in [0.05, 0.1) is 0 Å². The highest BCUT2D eigenvalue weighted by Crippen LogP contribution is 2.38. The van der Waals surface area contributed by atoms with Gasteiger partial charge in [-0.05, 0) is 54.3 Å². The second kappa shape index (κ2) is 6.12. The van der Waals surface area contributed by atoms with Crippen molar-refractivity contribution in [2.75, 3.05) is 13.1 Å². The molecule has 2 aromatic rings. The zero-order valence-corrected chi connectivity index (χ0v) is 12.2. The number of hydrogen-bond donors (Lipinski definition) is 1. The van der Waals surface area contributed by atoms with E-state index in [0.717, 1.165) is 25.1 Å². The van der Waals surface area contributed by atoms with E-state index in [1.54, 1.807) is 24.3 Å². The lowest BCUT2D eigenvalue weighted by Gasteiger charge is -2.33. The average Bonchev–Trinajstić information content (AvgIpc) is 2.48. The lowest BCUT2D eigenvalue weighted by molar-refractivity contribution is 0.393. The van der Waals surface area contributed by atoms with Crippen LogP contribution < -0.4 is 5.32 Å². The molecule has 1 aliphatic rings. The van der Waals surface area contributed by atoms with Crippen LogP contribution in [0, 0.1) is 11.6 Å². The molecule has 4 heteroatoms. The third-order valence-corrected chi connectivity index (χ3v) is 4.38. The zero-order valence-electron chi connectivity index (χ0n) is 11.5. The van der Waals surface area contributed by atoms with E-state index in [2.05, 4.69) is 5.32 Å². The SMILES string of the molecule is Fc1ccc(C2CNCCC2c2ccc(Cl)cc2F)cc1. The smallest absolute Gasteiger partial charge is 0.128 e. The van der Waals surface area contributed by atoms with Crippen LogP contribution in [0.2, 0.25) is 5.02 Å². The molecule has 1 saturated heterocycles. The molecule has 2 aromatic carbocycles. The summed E-state index contributed by atoms with van der Waals surface area (Å²) in [4.78, 5) is 0. The minimum absolute atomic E-state index is 0.0778. The van der Waals surface area contributed by atoms with Crippen LogP contribution in [0.25, 0.3) is 0 Å². The molecule has 1 N–H and O–H groups in total. The van der Waals surface area contributed by atoms with E-state index in [-0.39, 0.29) is 23.5 Å². The van der Waals surface area contributed by atoms with Gasteiger partial charge in [0.25, 0.3) is 0 Å². The van der Waals surface area contributed by atoms with Gasteiger partial charge in [0.1, 0.15) is 11.6 Å². The van der Waals surface area contributed by atoms with Gasteiger partial charge in [-0.25, -0.2) is 8.78 Å². The Morgan fingerprint density at radius 1 is 1.00 bits per heavy atom. The Hall–Kier alpha value is -1.45. The van der Waals surface area contributed by atoms with Crippen LogP contribution in [-0.4, -0.2) is 13.1 Å². The third-order valence-electron chi connectivity index (χ3n) is 4.14. The summed E-state index contributed by atoms with van der Waals surface area (Å²) in [6.07, 6.45) is 0.848. The van der Waals surface area contributed by atoms with Gasteiger partial charge in [0.15, 0.2) is 0 Å². The molecule has 0 aromatic heterocycles. The van der Waals surface area contributed by atoms with Crippen LogP contribution in [0.5, 0.6) is 0 Å². The quantitative estimate of drug-likeness (QED) is 0.862. The molecule has 2 unspecified atom stereocenters. The highest BCUT2D eigenvalue weighted by molar-refractivity contribution is 6.30. The van der Waals surface area contributed by atoms with Gasteiger partial charge in [-0.2, -0.15) is 0 Å². The molecule has 2 atom stereocenters. The van der Waals surface area contributed by atoms with Crippen LogP contribution in [0.15, 0.2) is 42.5 Å². The maximum Gasteiger partial charge on any atom is 0.128 e. The Kier molecular flexibility index (Phi) is 4.22. The first kappa shape index (κ1) is 14.5. The van der Waals surface area contributed by atoms with E-state index in [1.807, 2.05) is 0 Å². The summed E-state index contributed by atoms with van der Waals surface area (Å²) in [6, 6.07) is 11.3. The van der Waals surface area contributed by atoms with Crippen molar-refractivity contribution >= 4 is 11.6 Å². The van der Waals surface area contributed by atoms with E-state index in [9.17, 15) is 8.78 Å². The van der Waals surface area contributed by atoms with Gasteiger partial charge in [-0.15, -0.1) is 0 Å². The molecule has 110 valence electrons. The van der Waals surface area contributed by atoms with E-state index < -0.39 is 0 Å². The summed E-state index contributed by atoms with van der Waals surface area (Å²) in [5.41, 5.74) is 1.72. The molecule has 0 aliphatic carbocycles. The van der Waals surface area contributed by atoms with Gasteiger partial charge < -0.3 is 5.32 Å². The topological polar surface area (TPSA) is 12.0 Å². The molecular weight excluding hydrogens is 292 g/mol. The van der Waals surface area contributed by atoms with Crippen molar-refractivity contribution in [1.82, 2.24) is 5.32 Å². The molecular formula is C17H16ClF2N. The second-order valence-corrected chi connectivity index (χ2v) is 5.86. The second-order valence-electron chi connectivity index (χ2n) is 5.42. The summed E-state index contributed by atoms with van der Waals surface area (Å²) in [5, 5.41) is 3.74. The molecule has 1 nitrogen and oxygen atoms in total. The Balaban J connectivity index is 1.96. The lowest BCUT2D eigenvalue weighted by atomic mass is 9.77. The summed E-state index contributed by atoms with van der Waals surface area (Å²) in [5.74, 6) is -0.303. The Bertz CT molecular complexity index is 627.